The van der Waals surface area contributed by atoms with Crippen molar-refractivity contribution in [2.75, 3.05) is 31.1 Å². The molecule has 1 amide bonds. The zero-order valence-electron chi connectivity index (χ0n) is 13.6. The lowest BCUT2D eigenvalue weighted by molar-refractivity contribution is 0.0751. The van der Waals surface area contributed by atoms with Gasteiger partial charge in [0.1, 0.15) is 0 Å². The summed E-state index contributed by atoms with van der Waals surface area (Å²) < 4.78 is 0. The first-order valence-electron chi connectivity index (χ1n) is 8.13. The van der Waals surface area contributed by atoms with Crippen LogP contribution in [0.15, 0.2) is 54.2 Å². The molecule has 7 heteroatoms. The average Bonchev–Trinajstić information content (AvgIpc) is 3.23. The Labute approximate surface area is 149 Å². The largest absolute Gasteiger partial charge is 0.352 e. The molecule has 126 valence electrons. The highest BCUT2D eigenvalue weighted by atomic mass is 32.1. The van der Waals surface area contributed by atoms with Gasteiger partial charge in [-0.1, -0.05) is 6.07 Å². The Bertz CT molecular complexity index is 828. The lowest BCUT2D eigenvalue weighted by Gasteiger charge is -2.35. The quantitative estimate of drug-likeness (QED) is 0.726. The van der Waals surface area contributed by atoms with Crippen molar-refractivity contribution < 1.29 is 4.79 Å². The van der Waals surface area contributed by atoms with Crippen molar-refractivity contribution in [1.82, 2.24) is 20.1 Å². The Morgan fingerprint density at radius 3 is 2.52 bits per heavy atom. The van der Waals surface area contributed by atoms with Crippen LogP contribution in [-0.2, 0) is 0 Å². The molecular weight excluding hydrogens is 334 g/mol. The number of carbonyl (C=O) groups excluding carboxylic acids is 1. The standard InChI is InChI=1S/C18H17N5OS/c24-18(16-4-2-12-25-16)23-10-8-22(9-11-23)17-6-5-15(20-21-17)14-3-1-7-19-13-14/h1-7,12-13H,8-11H2. The predicted molar refractivity (Wildman–Crippen MR) is 97.7 cm³/mol. The van der Waals surface area contributed by atoms with E-state index >= 15 is 0 Å². The van der Waals surface area contributed by atoms with Gasteiger partial charge in [0.15, 0.2) is 5.82 Å². The van der Waals surface area contributed by atoms with Crippen molar-refractivity contribution in [3.05, 3.63) is 59.0 Å². The molecule has 3 aromatic heterocycles. The molecule has 0 saturated carbocycles. The highest BCUT2D eigenvalue weighted by Gasteiger charge is 2.23. The first-order chi connectivity index (χ1) is 12.3. The minimum Gasteiger partial charge on any atom is -0.352 e. The molecule has 0 aromatic carbocycles. The maximum absolute atomic E-state index is 12.4. The number of anilines is 1. The van der Waals surface area contributed by atoms with Gasteiger partial charge >= 0.3 is 0 Å². The molecule has 1 aliphatic heterocycles. The summed E-state index contributed by atoms with van der Waals surface area (Å²) in [4.78, 5) is 21.4. The highest BCUT2D eigenvalue weighted by molar-refractivity contribution is 7.12. The van der Waals surface area contributed by atoms with E-state index in [1.807, 2.05) is 46.7 Å². The van der Waals surface area contributed by atoms with Crippen molar-refractivity contribution in [3.8, 4) is 11.3 Å². The molecule has 0 bridgehead atoms. The molecule has 0 unspecified atom stereocenters. The maximum atomic E-state index is 12.4. The Morgan fingerprint density at radius 2 is 1.88 bits per heavy atom. The first kappa shape index (κ1) is 15.7. The van der Waals surface area contributed by atoms with E-state index in [1.54, 1.807) is 12.4 Å². The van der Waals surface area contributed by atoms with E-state index in [2.05, 4.69) is 20.1 Å². The average molecular weight is 351 g/mol. The summed E-state index contributed by atoms with van der Waals surface area (Å²) in [6.45, 7) is 2.92. The monoisotopic (exact) mass is 351 g/mol. The summed E-state index contributed by atoms with van der Waals surface area (Å²) in [5.74, 6) is 0.962. The fourth-order valence-corrected chi connectivity index (χ4v) is 3.55. The van der Waals surface area contributed by atoms with Gasteiger partial charge in [-0.2, -0.15) is 0 Å². The Hall–Kier alpha value is -2.80. The zero-order valence-corrected chi connectivity index (χ0v) is 14.4. The number of nitrogens with zero attached hydrogens (tertiary/aromatic N) is 5. The summed E-state index contributed by atoms with van der Waals surface area (Å²) in [5.41, 5.74) is 1.76. The summed E-state index contributed by atoms with van der Waals surface area (Å²) in [5, 5.41) is 10.6. The number of hydrogen-bond donors (Lipinski definition) is 0. The second-order valence-corrected chi connectivity index (χ2v) is 6.72. The molecule has 25 heavy (non-hydrogen) atoms. The molecule has 1 fully saturated rings. The third kappa shape index (κ3) is 3.36. The van der Waals surface area contributed by atoms with E-state index in [9.17, 15) is 4.79 Å². The van der Waals surface area contributed by atoms with Crippen molar-refractivity contribution in [1.29, 1.82) is 0 Å². The third-order valence-electron chi connectivity index (χ3n) is 4.23. The van der Waals surface area contributed by atoms with E-state index < -0.39 is 0 Å². The number of pyridine rings is 1. The second-order valence-electron chi connectivity index (χ2n) is 5.78. The lowest BCUT2D eigenvalue weighted by Crippen LogP contribution is -2.48. The molecule has 4 heterocycles. The summed E-state index contributed by atoms with van der Waals surface area (Å²) in [6.07, 6.45) is 3.51. The number of rotatable bonds is 3. The minimum atomic E-state index is 0.118. The zero-order chi connectivity index (χ0) is 17.1. The Morgan fingerprint density at radius 1 is 1.00 bits per heavy atom. The molecular formula is C18H17N5OS. The van der Waals surface area contributed by atoms with Crippen molar-refractivity contribution in [3.63, 3.8) is 0 Å². The van der Waals surface area contributed by atoms with Crippen LogP contribution in [0.25, 0.3) is 11.3 Å². The topological polar surface area (TPSA) is 62.2 Å². The molecule has 6 nitrogen and oxygen atoms in total. The fraction of sp³-hybridized carbons (Fsp3) is 0.222. The van der Waals surface area contributed by atoms with Crippen LogP contribution in [-0.4, -0.2) is 52.2 Å². The number of aromatic nitrogens is 3. The second kappa shape index (κ2) is 6.98. The van der Waals surface area contributed by atoms with E-state index in [-0.39, 0.29) is 5.91 Å². The van der Waals surface area contributed by atoms with E-state index in [4.69, 9.17) is 0 Å². The molecule has 1 aliphatic rings. The highest BCUT2D eigenvalue weighted by Crippen LogP contribution is 2.19. The van der Waals surface area contributed by atoms with Crippen LogP contribution in [0, 0.1) is 0 Å². The summed E-state index contributed by atoms with van der Waals surface area (Å²) in [6, 6.07) is 11.6. The van der Waals surface area contributed by atoms with Gasteiger partial charge in [-0.25, -0.2) is 0 Å². The van der Waals surface area contributed by atoms with Gasteiger partial charge in [0.2, 0.25) is 0 Å². The molecule has 0 spiro atoms. The number of amides is 1. The number of thiophene rings is 1. The number of carbonyl (C=O) groups is 1. The molecule has 0 radical (unpaired) electrons. The van der Waals surface area contributed by atoms with E-state index in [1.165, 1.54) is 11.3 Å². The van der Waals surface area contributed by atoms with Crippen LogP contribution in [0.4, 0.5) is 5.82 Å². The van der Waals surface area contributed by atoms with Crippen LogP contribution >= 0.6 is 11.3 Å². The Balaban J connectivity index is 1.40. The molecule has 1 saturated heterocycles. The smallest absolute Gasteiger partial charge is 0.264 e. The Kier molecular flexibility index (Phi) is 4.39. The van der Waals surface area contributed by atoms with Gasteiger partial charge in [0, 0.05) is 44.1 Å². The molecule has 4 rings (SSSR count). The van der Waals surface area contributed by atoms with Gasteiger partial charge < -0.3 is 9.80 Å². The van der Waals surface area contributed by atoms with Crippen LogP contribution in [0.5, 0.6) is 0 Å². The molecule has 0 atom stereocenters. The van der Waals surface area contributed by atoms with Gasteiger partial charge in [0.05, 0.1) is 10.6 Å². The lowest BCUT2D eigenvalue weighted by atomic mass is 10.2. The van der Waals surface area contributed by atoms with Crippen LogP contribution in [0.1, 0.15) is 9.67 Å². The third-order valence-corrected chi connectivity index (χ3v) is 5.09. The van der Waals surface area contributed by atoms with Gasteiger partial charge in [0.25, 0.3) is 5.91 Å². The fourth-order valence-electron chi connectivity index (χ4n) is 2.86. The van der Waals surface area contributed by atoms with Gasteiger partial charge in [-0.3, -0.25) is 9.78 Å². The van der Waals surface area contributed by atoms with E-state index in [0.29, 0.717) is 13.1 Å². The van der Waals surface area contributed by atoms with Crippen LogP contribution in [0.2, 0.25) is 0 Å². The normalized spacial score (nSPS) is 14.6. The maximum Gasteiger partial charge on any atom is 0.264 e. The summed E-state index contributed by atoms with van der Waals surface area (Å²) in [7, 11) is 0. The summed E-state index contributed by atoms with van der Waals surface area (Å²) >= 11 is 1.49. The number of hydrogen-bond acceptors (Lipinski definition) is 6. The first-order valence-corrected chi connectivity index (χ1v) is 9.01. The van der Waals surface area contributed by atoms with Crippen molar-refractivity contribution >= 4 is 23.1 Å². The minimum absolute atomic E-state index is 0.118. The molecule has 0 aliphatic carbocycles. The SMILES string of the molecule is O=C(c1cccs1)N1CCN(c2ccc(-c3cccnc3)nn2)CC1. The van der Waals surface area contributed by atoms with E-state index in [0.717, 1.165) is 35.0 Å². The number of piperazine rings is 1. The molecule has 3 aromatic rings. The van der Waals surface area contributed by atoms with Gasteiger partial charge in [-0.15, -0.1) is 21.5 Å². The van der Waals surface area contributed by atoms with Crippen molar-refractivity contribution in [2.24, 2.45) is 0 Å². The van der Waals surface area contributed by atoms with Crippen LogP contribution < -0.4 is 4.90 Å². The predicted octanol–water partition coefficient (Wildman–Crippen LogP) is 2.56. The van der Waals surface area contributed by atoms with Crippen molar-refractivity contribution in [2.45, 2.75) is 0 Å². The van der Waals surface area contributed by atoms with Crippen LogP contribution in [0.3, 0.4) is 0 Å². The molecule has 0 N–H and O–H groups in total. The van der Waals surface area contributed by atoms with Gasteiger partial charge in [-0.05, 0) is 35.7 Å².